The van der Waals surface area contributed by atoms with Gasteiger partial charge in [-0.2, -0.15) is 0 Å². The molecule has 0 amide bonds. The van der Waals surface area contributed by atoms with Crippen LogP contribution in [0.1, 0.15) is 59.8 Å². The first-order chi connectivity index (χ1) is 9.27. The molecule has 0 aliphatic rings. The summed E-state index contributed by atoms with van der Waals surface area (Å²) in [5.74, 6) is -0.471. The van der Waals surface area contributed by atoms with Gasteiger partial charge in [0.15, 0.2) is 5.78 Å². The average molecular weight is 288 g/mol. The molecule has 0 rings (SSSR count). The Hall–Kier alpha value is -0.940. The van der Waals surface area contributed by atoms with Crippen LogP contribution >= 0.6 is 0 Å². The molecule has 0 aromatic rings. The number of ketones is 1. The molecule has 20 heavy (non-hydrogen) atoms. The van der Waals surface area contributed by atoms with E-state index in [0.717, 1.165) is 6.42 Å². The predicted octanol–water partition coefficient (Wildman–Crippen LogP) is 2.25. The van der Waals surface area contributed by atoms with E-state index in [4.69, 9.17) is 9.47 Å². The predicted molar refractivity (Wildman–Crippen MR) is 76.4 cm³/mol. The molecule has 0 aliphatic heterocycles. The molecule has 1 N–H and O–H groups in total. The van der Waals surface area contributed by atoms with Crippen LogP contribution in [0.4, 0.5) is 0 Å². The smallest absolute Gasteiger partial charge is 0.305 e. The van der Waals surface area contributed by atoms with E-state index in [1.165, 1.54) is 13.8 Å². The van der Waals surface area contributed by atoms with Crippen molar-refractivity contribution in [2.45, 2.75) is 71.5 Å². The lowest BCUT2D eigenvalue weighted by atomic mass is 9.98. The highest BCUT2D eigenvalue weighted by molar-refractivity contribution is 5.86. The van der Waals surface area contributed by atoms with Crippen molar-refractivity contribution in [2.24, 2.45) is 0 Å². The fraction of sp³-hybridized carbons (Fsp3) is 0.867. The number of Topliss-reactive ketones (excluding diaryl/α,β-unsaturated/α-hetero) is 1. The second kappa shape index (κ2) is 9.88. The van der Waals surface area contributed by atoms with Gasteiger partial charge in [0, 0.05) is 12.8 Å². The molecule has 0 radical (unpaired) electrons. The summed E-state index contributed by atoms with van der Waals surface area (Å²) in [7, 11) is 0. The molecule has 0 aromatic heterocycles. The number of ether oxygens (including phenoxy) is 2. The lowest BCUT2D eigenvalue weighted by molar-refractivity contribution is -0.146. The normalized spacial score (nSPS) is 13.1. The number of unbranched alkanes of at least 4 members (excludes halogenated alkanes) is 1. The molecule has 1 atom stereocenters. The molecule has 5 heteroatoms. The first-order valence-corrected chi connectivity index (χ1v) is 7.30. The Balaban J connectivity index is 3.53. The number of hydrogen-bond donors (Lipinski definition) is 1. The molecule has 0 saturated carbocycles. The first kappa shape index (κ1) is 19.1. The minimum absolute atomic E-state index is 0.182. The van der Waals surface area contributed by atoms with E-state index in [-0.39, 0.29) is 30.9 Å². The molecule has 0 aromatic carbocycles. The number of carbonyl (C=O) groups excluding carboxylic acids is 2. The van der Waals surface area contributed by atoms with Gasteiger partial charge < -0.3 is 14.6 Å². The summed E-state index contributed by atoms with van der Waals surface area (Å²) >= 11 is 0. The molecular weight excluding hydrogens is 260 g/mol. The van der Waals surface area contributed by atoms with Crippen LogP contribution in [0.5, 0.6) is 0 Å². The van der Waals surface area contributed by atoms with Crippen molar-refractivity contribution in [2.75, 3.05) is 13.2 Å². The second-order valence-corrected chi connectivity index (χ2v) is 5.50. The maximum Gasteiger partial charge on any atom is 0.305 e. The monoisotopic (exact) mass is 288 g/mol. The lowest BCUT2D eigenvalue weighted by Crippen LogP contribution is -2.30. The minimum Gasteiger partial charge on any atom is -0.463 e. The Morgan fingerprint density at radius 1 is 1.15 bits per heavy atom. The van der Waals surface area contributed by atoms with Gasteiger partial charge in [0.1, 0.15) is 12.2 Å². The van der Waals surface area contributed by atoms with Crippen molar-refractivity contribution in [1.82, 2.24) is 0 Å². The molecule has 0 aliphatic carbocycles. The van der Waals surface area contributed by atoms with Gasteiger partial charge >= 0.3 is 5.97 Å². The number of esters is 1. The van der Waals surface area contributed by atoms with E-state index in [9.17, 15) is 14.7 Å². The molecular formula is C15H28O5. The SMILES string of the molecule is CCC(C)OCCOC(=O)CCCCC(=O)C(C)(C)O. The molecule has 0 bridgehead atoms. The summed E-state index contributed by atoms with van der Waals surface area (Å²) in [6.45, 7) is 7.64. The summed E-state index contributed by atoms with van der Waals surface area (Å²) < 4.78 is 10.4. The van der Waals surface area contributed by atoms with Crippen molar-refractivity contribution in [1.29, 1.82) is 0 Å². The summed E-state index contributed by atoms with van der Waals surface area (Å²) in [6.07, 6.45) is 2.87. The van der Waals surface area contributed by atoms with Crippen LogP contribution in [0.3, 0.4) is 0 Å². The average Bonchev–Trinajstić information content (AvgIpc) is 2.37. The van der Waals surface area contributed by atoms with Crippen molar-refractivity contribution in [3.05, 3.63) is 0 Å². The van der Waals surface area contributed by atoms with E-state index in [2.05, 4.69) is 0 Å². The Labute approximate surface area is 121 Å². The van der Waals surface area contributed by atoms with Crippen molar-refractivity contribution in [3.63, 3.8) is 0 Å². The molecule has 1 unspecified atom stereocenters. The van der Waals surface area contributed by atoms with Crippen LogP contribution in [-0.2, 0) is 19.1 Å². The Bertz CT molecular complexity index is 293. The zero-order chi connectivity index (χ0) is 15.6. The van der Waals surface area contributed by atoms with Gasteiger partial charge in [-0.3, -0.25) is 9.59 Å². The van der Waals surface area contributed by atoms with E-state index in [0.29, 0.717) is 25.9 Å². The standard InChI is InChI=1S/C15H28O5/c1-5-12(2)19-10-11-20-14(17)9-7-6-8-13(16)15(3,4)18/h12,18H,5-11H2,1-4H3. The van der Waals surface area contributed by atoms with E-state index in [1.807, 2.05) is 13.8 Å². The van der Waals surface area contributed by atoms with Crippen LogP contribution in [0, 0.1) is 0 Å². The number of carbonyl (C=O) groups is 2. The van der Waals surface area contributed by atoms with Crippen LogP contribution in [-0.4, -0.2) is 41.8 Å². The van der Waals surface area contributed by atoms with E-state index < -0.39 is 5.60 Å². The Kier molecular flexibility index (Phi) is 9.42. The first-order valence-electron chi connectivity index (χ1n) is 7.30. The lowest BCUT2D eigenvalue weighted by Gasteiger charge is -2.14. The maximum atomic E-state index is 11.4. The zero-order valence-corrected chi connectivity index (χ0v) is 13.1. The summed E-state index contributed by atoms with van der Waals surface area (Å²) in [5, 5.41) is 9.45. The van der Waals surface area contributed by atoms with Crippen LogP contribution in [0.2, 0.25) is 0 Å². The van der Waals surface area contributed by atoms with Gasteiger partial charge in [-0.25, -0.2) is 0 Å². The third-order valence-corrected chi connectivity index (χ3v) is 3.04. The van der Waals surface area contributed by atoms with Crippen molar-refractivity contribution < 1.29 is 24.2 Å². The van der Waals surface area contributed by atoms with Crippen LogP contribution < -0.4 is 0 Å². The number of rotatable bonds is 11. The topological polar surface area (TPSA) is 72.8 Å². The van der Waals surface area contributed by atoms with Gasteiger partial charge in [0.25, 0.3) is 0 Å². The van der Waals surface area contributed by atoms with Gasteiger partial charge in [-0.15, -0.1) is 0 Å². The molecule has 0 fully saturated rings. The summed E-state index contributed by atoms with van der Waals surface area (Å²) in [6, 6.07) is 0. The van der Waals surface area contributed by atoms with Crippen molar-refractivity contribution in [3.8, 4) is 0 Å². The fourth-order valence-electron chi connectivity index (χ4n) is 1.46. The highest BCUT2D eigenvalue weighted by atomic mass is 16.6. The van der Waals surface area contributed by atoms with Crippen LogP contribution in [0.25, 0.3) is 0 Å². The number of aliphatic hydroxyl groups is 1. The fourth-order valence-corrected chi connectivity index (χ4v) is 1.46. The molecule has 118 valence electrons. The summed E-state index contributed by atoms with van der Waals surface area (Å²) in [4.78, 5) is 22.8. The molecule has 0 saturated heterocycles. The third kappa shape index (κ3) is 9.92. The van der Waals surface area contributed by atoms with Gasteiger partial charge in [0.2, 0.25) is 0 Å². The maximum absolute atomic E-state index is 11.4. The van der Waals surface area contributed by atoms with Gasteiger partial charge in [0.05, 0.1) is 12.7 Å². The highest BCUT2D eigenvalue weighted by Crippen LogP contribution is 2.10. The Morgan fingerprint density at radius 3 is 2.30 bits per heavy atom. The Morgan fingerprint density at radius 2 is 1.75 bits per heavy atom. The van der Waals surface area contributed by atoms with E-state index >= 15 is 0 Å². The van der Waals surface area contributed by atoms with E-state index in [1.54, 1.807) is 0 Å². The highest BCUT2D eigenvalue weighted by Gasteiger charge is 2.22. The summed E-state index contributed by atoms with van der Waals surface area (Å²) in [5.41, 5.74) is -1.28. The minimum atomic E-state index is -1.28. The largest absolute Gasteiger partial charge is 0.463 e. The van der Waals surface area contributed by atoms with Gasteiger partial charge in [-0.1, -0.05) is 6.92 Å². The molecule has 0 spiro atoms. The zero-order valence-electron chi connectivity index (χ0n) is 13.1. The third-order valence-electron chi connectivity index (χ3n) is 3.04. The number of hydrogen-bond acceptors (Lipinski definition) is 5. The quantitative estimate of drug-likeness (QED) is 0.466. The van der Waals surface area contributed by atoms with Gasteiger partial charge in [-0.05, 0) is 40.0 Å². The van der Waals surface area contributed by atoms with Crippen LogP contribution in [0.15, 0.2) is 0 Å². The molecule has 0 heterocycles. The van der Waals surface area contributed by atoms with Crippen molar-refractivity contribution >= 4 is 11.8 Å². The molecule has 5 nitrogen and oxygen atoms in total. The second-order valence-electron chi connectivity index (χ2n) is 5.50.